The molecule has 1 N–H and O–H groups in total. The van der Waals surface area contributed by atoms with E-state index < -0.39 is 11.6 Å². The van der Waals surface area contributed by atoms with Crippen LogP contribution in [-0.2, 0) is 6.42 Å². The molecular weight excluding hydrogens is 328 g/mol. The first-order valence-electron chi connectivity index (χ1n) is 9.17. The van der Waals surface area contributed by atoms with Crippen LogP contribution in [0.3, 0.4) is 0 Å². The van der Waals surface area contributed by atoms with Crippen molar-refractivity contribution in [2.75, 3.05) is 0 Å². The van der Waals surface area contributed by atoms with Gasteiger partial charge in [-0.3, -0.25) is 0 Å². The molecule has 0 radical (unpaired) electrons. The minimum absolute atomic E-state index is 0.337. The number of rotatable bonds is 8. The molecule has 26 heavy (non-hydrogen) atoms. The number of hydrogen-bond donors (Lipinski definition) is 1. The smallest absolute Gasteiger partial charge is 0.162 e. The molecule has 0 saturated heterocycles. The minimum Gasteiger partial charge on any atom is -0.358 e. The highest BCUT2D eigenvalue weighted by molar-refractivity contribution is 5.65. The molecule has 0 aliphatic rings. The SMILES string of the molecule is C/C=C(\N/C(Cc1cccc(F)c1F)=C(\C)CCCC)c1ccccc1. The van der Waals surface area contributed by atoms with Crippen LogP contribution < -0.4 is 5.32 Å². The van der Waals surface area contributed by atoms with Gasteiger partial charge in [0.1, 0.15) is 0 Å². The standard InChI is InChI=1S/C23H27F2N/c1-4-6-11-17(3)22(16-19-14-10-15-20(24)23(19)25)26-21(5-2)18-12-8-7-9-13-18/h5,7-10,12-15,26H,4,6,11,16H2,1-3H3/b21-5-,22-17+. The highest BCUT2D eigenvalue weighted by Gasteiger charge is 2.13. The van der Waals surface area contributed by atoms with Crippen LogP contribution in [0.1, 0.15) is 51.2 Å². The van der Waals surface area contributed by atoms with Crippen molar-refractivity contribution < 1.29 is 8.78 Å². The number of unbranched alkanes of at least 4 members (excludes halogenated alkanes) is 1. The van der Waals surface area contributed by atoms with Gasteiger partial charge in [0.05, 0.1) is 0 Å². The van der Waals surface area contributed by atoms with Gasteiger partial charge in [-0.15, -0.1) is 0 Å². The van der Waals surface area contributed by atoms with Crippen molar-refractivity contribution in [1.82, 2.24) is 5.32 Å². The minimum atomic E-state index is -0.803. The normalized spacial score (nSPS) is 12.7. The maximum atomic E-state index is 14.2. The van der Waals surface area contributed by atoms with E-state index in [9.17, 15) is 8.78 Å². The number of nitrogens with one attached hydrogen (secondary N) is 1. The van der Waals surface area contributed by atoms with Crippen LogP contribution in [0.5, 0.6) is 0 Å². The summed E-state index contributed by atoms with van der Waals surface area (Å²) < 4.78 is 27.8. The fraction of sp³-hybridized carbons (Fsp3) is 0.304. The van der Waals surface area contributed by atoms with Crippen molar-refractivity contribution in [3.05, 3.63) is 88.6 Å². The Labute approximate surface area is 155 Å². The van der Waals surface area contributed by atoms with E-state index in [2.05, 4.69) is 19.2 Å². The van der Waals surface area contributed by atoms with E-state index in [1.165, 1.54) is 5.57 Å². The fourth-order valence-corrected chi connectivity index (χ4v) is 2.86. The van der Waals surface area contributed by atoms with Crippen LogP contribution in [0, 0.1) is 11.6 Å². The molecule has 2 rings (SSSR count). The summed E-state index contributed by atoms with van der Waals surface area (Å²) in [7, 11) is 0. The maximum absolute atomic E-state index is 14.2. The Morgan fingerprint density at radius 2 is 1.77 bits per heavy atom. The van der Waals surface area contributed by atoms with E-state index in [0.717, 1.165) is 42.3 Å². The van der Waals surface area contributed by atoms with Gasteiger partial charge in [-0.25, -0.2) is 8.78 Å². The summed E-state index contributed by atoms with van der Waals surface area (Å²) in [5.74, 6) is -1.57. The van der Waals surface area contributed by atoms with Crippen molar-refractivity contribution >= 4 is 5.70 Å². The van der Waals surface area contributed by atoms with Crippen LogP contribution in [0.4, 0.5) is 8.78 Å². The average Bonchev–Trinajstić information content (AvgIpc) is 2.67. The van der Waals surface area contributed by atoms with E-state index >= 15 is 0 Å². The second kappa shape index (κ2) is 9.91. The van der Waals surface area contributed by atoms with E-state index in [0.29, 0.717) is 12.0 Å². The van der Waals surface area contributed by atoms with Gasteiger partial charge in [-0.05, 0) is 43.9 Å². The molecule has 0 spiro atoms. The third kappa shape index (κ3) is 5.29. The topological polar surface area (TPSA) is 12.0 Å². The molecule has 0 atom stereocenters. The maximum Gasteiger partial charge on any atom is 0.162 e. The largest absolute Gasteiger partial charge is 0.358 e. The monoisotopic (exact) mass is 355 g/mol. The van der Waals surface area contributed by atoms with Crippen LogP contribution in [-0.4, -0.2) is 0 Å². The molecule has 0 aliphatic heterocycles. The molecule has 0 bridgehead atoms. The number of halogens is 2. The number of hydrogen-bond acceptors (Lipinski definition) is 1. The summed E-state index contributed by atoms with van der Waals surface area (Å²) in [6.07, 6.45) is 5.43. The average molecular weight is 355 g/mol. The first-order chi connectivity index (χ1) is 12.6. The van der Waals surface area contributed by atoms with Gasteiger partial charge in [0.2, 0.25) is 0 Å². The predicted molar refractivity (Wildman–Crippen MR) is 106 cm³/mol. The van der Waals surface area contributed by atoms with E-state index in [1.807, 2.05) is 43.3 Å². The molecule has 3 heteroatoms. The Morgan fingerprint density at radius 1 is 1.04 bits per heavy atom. The summed E-state index contributed by atoms with van der Waals surface area (Å²) in [6.45, 7) is 6.18. The molecule has 138 valence electrons. The molecule has 2 aromatic rings. The highest BCUT2D eigenvalue weighted by Crippen LogP contribution is 2.22. The predicted octanol–water partition coefficient (Wildman–Crippen LogP) is 6.62. The Bertz CT molecular complexity index is 776. The van der Waals surface area contributed by atoms with Crippen molar-refractivity contribution in [2.24, 2.45) is 0 Å². The number of allylic oxidation sites excluding steroid dienone is 3. The molecule has 0 fully saturated rings. The van der Waals surface area contributed by atoms with Gasteiger partial charge in [-0.1, -0.05) is 67.5 Å². The molecule has 2 aromatic carbocycles. The number of benzene rings is 2. The van der Waals surface area contributed by atoms with Crippen LogP contribution in [0.25, 0.3) is 5.70 Å². The second-order valence-electron chi connectivity index (χ2n) is 6.45. The summed E-state index contributed by atoms with van der Waals surface area (Å²) in [5.41, 5.74) is 4.50. The second-order valence-corrected chi connectivity index (χ2v) is 6.45. The summed E-state index contributed by atoms with van der Waals surface area (Å²) in [6, 6.07) is 14.4. The van der Waals surface area contributed by atoms with Gasteiger partial charge in [0.25, 0.3) is 0 Å². The molecular formula is C23H27F2N. The lowest BCUT2D eigenvalue weighted by molar-refractivity contribution is 0.500. The fourth-order valence-electron chi connectivity index (χ4n) is 2.86. The molecule has 0 saturated carbocycles. The molecule has 0 aliphatic carbocycles. The molecule has 1 nitrogen and oxygen atoms in total. The van der Waals surface area contributed by atoms with Crippen molar-refractivity contribution in [3.8, 4) is 0 Å². The summed E-state index contributed by atoms with van der Waals surface area (Å²) >= 11 is 0. The Hall–Kier alpha value is -2.42. The van der Waals surface area contributed by atoms with Gasteiger partial charge >= 0.3 is 0 Å². The lowest BCUT2D eigenvalue weighted by atomic mass is 10.0. The zero-order chi connectivity index (χ0) is 18.9. The summed E-state index contributed by atoms with van der Waals surface area (Å²) in [5, 5.41) is 3.48. The molecule has 0 amide bonds. The van der Waals surface area contributed by atoms with Crippen LogP contribution in [0.2, 0.25) is 0 Å². The van der Waals surface area contributed by atoms with Gasteiger partial charge in [0.15, 0.2) is 11.6 Å². The lowest BCUT2D eigenvalue weighted by Crippen LogP contribution is -2.17. The van der Waals surface area contributed by atoms with Crippen molar-refractivity contribution in [2.45, 2.75) is 46.5 Å². The van der Waals surface area contributed by atoms with E-state index in [-0.39, 0.29) is 0 Å². The van der Waals surface area contributed by atoms with Crippen molar-refractivity contribution in [1.29, 1.82) is 0 Å². The van der Waals surface area contributed by atoms with Gasteiger partial charge in [-0.2, -0.15) is 0 Å². The zero-order valence-electron chi connectivity index (χ0n) is 15.8. The van der Waals surface area contributed by atoms with E-state index in [4.69, 9.17) is 0 Å². The first-order valence-corrected chi connectivity index (χ1v) is 9.17. The lowest BCUT2D eigenvalue weighted by Gasteiger charge is -2.18. The van der Waals surface area contributed by atoms with Crippen molar-refractivity contribution in [3.63, 3.8) is 0 Å². The summed E-state index contributed by atoms with van der Waals surface area (Å²) in [4.78, 5) is 0. The Balaban J connectivity index is 2.33. The van der Waals surface area contributed by atoms with Crippen LogP contribution in [0.15, 0.2) is 65.9 Å². The van der Waals surface area contributed by atoms with E-state index in [1.54, 1.807) is 12.1 Å². The van der Waals surface area contributed by atoms with Crippen LogP contribution >= 0.6 is 0 Å². The highest BCUT2D eigenvalue weighted by atomic mass is 19.2. The Morgan fingerprint density at radius 3 is 2.42 bits per heavy atom. The Kier molecular flexibility index (Phi) is 7.58. The third-order valence-corrected chi connectivity index (χ3v) is 4.48. The molecule has 0 heterocycles. The molecule has 0 unspecified atom stereocenters. The zero-order valence-corrected chi connectivity index (χ0v) is 15.8. The van der Waals surface area contributed by atoms with Gasteiger partial charge in [0, 0.05) is 17.8 Å². The third-order valence-electron chi connectivity index (χ3n) is 4.48. The van der Waals surface area contributed by atoms with Gasteiger partial charge < -0.3 is 5.32 Å². The first kappa shape index (κ1) is 19.9. The molecule has 0 aromatic heterocycles. The quantitative estimate of drug-likeness (QED) is 0.561.